The third-order valence-corrected chi connectivity index (χ3v) is 4.70. The van der Waals surface area contributed by atoms with E-state index < -0.39 is 0 Å². The van der Waals surface area contributed by atoms with Crippen LogP contribution >= 0.6 is 55.1 Å². The second kappa shape index (κ2) is 7.12. The largest absolute Gasteiger partial charge is 0.126 e. The Hall–Kier alpha value is -0.0200. The number of rotatable bonds is 4. The molecule has 0 aliphatic carbocycles. The molecule has 0 saturated heterocycles. The Morgan fingerprint density at radius 2 is 1.74 bits per heavy atom. The summed E-state index contributed by atoms with van der Waals surface area (Å²) in [4.78, 5) is 0. The Morgan fingerprint density at radius 3 is 2.37 bits per heavy atom. The van der Waals surface area contributed by atoms with Gasteiger partial charge in [-0.3, -0.25) is 0 Å². The predicted octanol–water partition coefficient (Wildman–Crippen LogP) is 6.43. The zero-order valence-electron chi connectivity index (χ0n) is 10.0. The summed E-state index contributed by atoms with van der Waals surface area (Å²) in [6.45, 7) is 0. The van der Waals surface area contributed by atoms with Crippen molar-refractivity contribution < 1.29 is 0 Å². The molecule has 2 rings (SSSR count). The summed E-state index contributed by atoms with van der Waals surface area (Å²) in [7, 11) is 0. The first-order valence-electron chi connectivity index (χ1n) is 5.85. The molecule has 0 aromatic heterocycles. The molecule has 0 amide bonds. The molecule has 1 unspecified atom stereocenters. The van der Waals surface area contributed by atoms with E-state index in [0.29, 0.717) is 5.88 Å². The third-order valence-electron chi connectivity index (χ3n) is 2.99. The van der Waals surface area contributed by atoms with Crippen molar-refractivity contribution in [1.29, 1.82) is 0 Å². The Bertz CT molecular complexity index is 570. The highest BCUT2D eigenvalue weighted by Crippen LogP contribution is 2.29. The van der Waals surface area contributed by atoms with E-state index in [0.717, 1.165) is 26.0 Å². The van der Waals surface area contributed by atoms with Crippen molar-refractivity contribution in [3.05, 3.63) is 67.6 Å². The van der Waals surface area contributed by atoms with Gasteiger partial charge in [0.1, 0.15) is 0 Å². The highest BCUT2D eigenvalue weighted by molar-refractivity contribution is 9.10. The van der Waals surface area contributed by atoms with Gasteiger partial charge in [0.05, 0.1) is 0 Å². The maximum absolute atomic E-state index is 6.27. The number of alkyl halides is 1. The van der Waals surface area contributed by atoms with Gasteiger partial charge in [-0.1, -0.05) is 61.7 Å². The van der Waals surface area contributed by atoms with Gasteiger partial charge >= 0.3 is 0 Å². The SMILES string of the molecule is ClCC(Cc1ccc(Br)cc1Cl)c1cccc(Br)c1. The molecule has 19 heavy (non-hydrogen) atoms. The summed E-state index contributed by atoms with van der Waals surface area (Å²) in [5.74, 6) is 0.834. The maximum Gasteiger partial charge on any atom is 0.0449 e. The van der Waals surface area contributed by atoms with Crippen LogP contribution in [0.2, 0.25) is 5.02 Å². The van der Waals surface area contributed by atoms with Crippen LogP contribution in [0.15, 0.2) is 51.4 Å². The van der Waals surface area contributed by atoms with E-state index in [4.69, 9.17) is 23.2 Å². The lowest BCUT2D eigenvalue weighted by molar-refractivity contribution is 0.766. The van der Waals surface area contributed by atoms with Crippen molar-refractivity contribution in [2.24, 2.45) is 0 Å². The average Bonchev–Trinajstić information content (AvgIpc) is 2.38. The molecule has 1 atom stereocenters. The van der Waals surface area contributed by atoms with Gasteiger partial charge in [0.25, 0.3) is 0 Å². The second-order valence-corrected chi connectivity index (χ2v) is 6.89. The summed E-state index contributed by atoms with van der Waals surface area (Å²) < 4.78 is 2.06. The van der Waals surface area contributed by atoms with E-state index in [-0.39, 0.29) is 5.92 Å². The third kappa shape index (κ3) is 4.22. The second-order valence-electron chi connectivity index (χ2n) is 4.35. The minimum Gasteiger partial charge on any atom is -0.126 e. The summed E-state index contributed by atoms with van der Waals surface area (Å²) in [5, 5.41) is 0.777. The van der Waals surface area contributed by atoms with Crippen LogP contribution in [-0.2, 0) is 6.42 Å². The predicted molar refractivity (Wildman–Crippen MR) is 90.5 cm³/mol. The summed E-state index contributed by atoms with van der Waals surface area (Å²) >= 11 is 19.3. The van der Waals surface area contributed by atoms with Crippen LogP contribution in [0.4, 0.5) is 0 Å². The minimum absolute atomic E-state index is 0.262. The molecular formula is C15H12Br2Cl2. The molecule has 0 heterocycles. The molecular weight excluding hydrogens is 411 g/mol. The van der Waals surface area contributed by atoms with Crippen molar-refractivity contribution in [3.8, 4) is 0 Å². The van der Waals surface area contributed by atoms with E-state index in [1.165, 1.54) is 5.56 Å². The number of halogens is 4. The first kappa shape index (κ1) is 15.4. The highest BCUT2D eigenvalue weighted by Gasteiger charge is 2.13. The quantitative estimate of drug-likeness (QED) is 0.498. The zero-order chi connectivity index (χ0) is 13.8. The van der Waals surface area contributed by atoms with Crippen molar-refractivity contribution in [1.82, 2.24) is 0 Å². The standard InChI is InChI=1S/C15H12Br2Cl2/c16-13-3-1-2-10(7-13)12(9-18)6-11-4-5-14(17)8-15(11)19/h1-5,7-8,12H,6,9H2. The molecule has 0 aliphatic heterocycles. The number of benzene rings is 2. The van der Waals surface area contributed by atoms with Gasteiger partial charge in [-0.2, -0.15) is 0 Å². The Labute approximate surface area is 140 Å². The lowest BCUT2D eigenvalue weighted by Crippen LogP contribution is -2.05. The van der Waals surface area contributed by atoms with E-state index in [2.05, 4.69) is 44.0 Å². The van der Waals surface area contributed by atoms with E-state index in [1.807, 2.05) is 30.3 Å². The lowest BCUT2D eigenvalue weighted by atomic mass is 9.93. The Balaban J connectivity index is 2.24. The fourth-order valence-electron chi connectivity index (χ4n) is 1.97. The molecule has 2 aromatic rings. The van der Waals surface area contributed by atoms with E-state index >= 15 is 0 Å². The molecule has 0 aliphatic rings. The zero-order valence-corrected chi connectivity index (χ0v) is 14.7. The summed E-state index contributed by atoms with van der Waals surface area (Å²) in [5.41, 5.74) is 2.35. The fourth-order valence-corrected chi connectivity index (χ4v) is 3.43. The fraction of sp³-hybridized carbons (Fsp3) is 0.200. The van der Waals surface area contributed by atoms with Gasteiger partial charge < -0.3 is 0 Å². The van der Waals surface area contributed by atoms with Gasteiger partial charge in [-0.15, -0.1) is 11.6 Å². The smallest absolute Gasteiger partial charge is 0.0449 e. The van der Waals surface area contributed by atoms with Crippen molar-refractivity contribution in [3.63, 3.8) is 0 Å². The van der Waals surface area contributed by atoms with Gasteiger partial charge in [-0.05, 0) is 41.8 Å². The Morgan fingerprint density at radius 1 is 1.00 bits per heavy atom. The van der Waals surface area contributed by atoms with Crippen molar-refractivity contribution in [2.75, 3.05) is 5.88 Å². The van der Waals surface area contributed by atoms with E-state index in [9.17, 15) is 0 Å². The molecule has 0 fully saturated rings. The van der Waals surface area contributed by atoms with E-state index in [1.54, 1.807) is 0 Å². The molecule has 0 N–H and O–H groups in total. The average molecular weight is 423 g/mol. The van der Waals surface area contributed by atoms with Crippen molar-refractivity contribution >= 4 is 55.1 Å². The summed E-state index contributed by atoms with van der Waals surface area (Å²) in [6, 6.07) is 14.2. The van der Waals surface area contributed by atoms with Crippen LogP contribution in [0.1, 0.15) is 17.0 Å². The molecule has 2 aromatic carbocycles. The number of hydrogen-bond donors (Lipinski definition) is 0. The first-order valence-corrected chi connectivity index (χ1v) is 8.35. The Kier molecular flexibility index (Phi) is 5.76. The lowest BCUT2D eigenvalue weighted by Gasteiger charge is -2.16. The van der Waals surface area contributed by atoms with Gasteiger partial charge in [0.2, 0.25) is 0 Å². The summed E-state index contributed by atoms with van der Waals surface area (Å²) in [6.07, 6.45) is 0.839. The van der Waals surface area contributed by atoms with Gasteiger partial charge in [0.15, 0.2) is 0 Å². The van der Waals surface area contributed by atoms with Crippen LogP contribution < -0.4 is 0 Å². The van der Waals surface area contributed by atoms with Gasteiger partial charge in [0, 0.05) is 25.8 Å². The molecule has 0 saturated carbocycles. The molecule has 4 heteroatoms. The molecule has 0 bridgehead atoms. The molecule has 100 valence electrons. The van der Waals surface area contributed by atoms with Crippen LogP contribution in [0.5, 0.6) is 0 Å². The van der Waals surface area contributed by atoms with Crippen LogP contribution in [0.25, 0.3) is 0 Å². The maximum atomic E-state index is 6.27. The normalized spacial score (nSPS) is 12.4. The topological polar surface area (TPSA) is 0 Å². The van der Waals surface area contributed by atoms with Crippen LogP contribution in [-0.4, -0.2) is 5.88 Å². The first-order chi connectivity index (χ1) is 9.10. The molecule has 0 spiro atoms. The van der Waals surface area contributed by atoms with Crippen LogP contribution in [0, 0.1) is 0 Å². The molecule has 0 nitrogen and oxygen atoms in total. The van der Waals surface area contributed by atoms with Gasteiger partial charge in [-0.25, -0.2) is 0 Å². The monoisotopic (exact) mass is 420 g/mol. The highest BCUT2D eigenvalue weighted by atomic mass is 79.9. The minimum atomic E-state index is 0.262. The number of hydrogen-bond acceptors (Lipinski definition) is 0. The van der Waals surface area contributed by atoms with Crippen molar-refractivity contribution in [2.45, 2.75) is 12.3 Å². The van der Waals surface area contributed by atoms with Crippen LogP contribution in [0.3, 0.4) is 0 Å². The molecule has 0 radical (unpaired) electrons.